The van der Waals surface area contributed by atoms with Crippen LogP contribution >= 0.6 is 0 Å². The summed E-state index contributed by atoms with van der Waals surface area (Å²) >= 11 is 0. The van der Waals surface area contributed by atoms with Crippen LogP contribution in [0.5, 0.6) is 0 Å². The maximum atomic E-state index is 9.12. The summed E-state index contributed by atoms with van der Waals surface area (Å²) in [5, 5.41) is 9.12. The molecule has 0 aromatic rings. The van der Waals surface area contributed by atoms with Crippen molar-refractivity contribution >= 4 is 0 Å². The van der Waals surface area contributed by atoms with Crippen LogP contribution in [0.3, 0.4) is 0 Å². The molecule has 90 valence electrons. The summed E-state index contributed by atoms with van der Waals surface area (Å²) in [4.78, 5) is 2.44. The van der Waals surface area contributed by atoms with Gasteiger partial charge in [0.15, 0.2) is 0 Å². The topological polar surface area (TPSA) is 32.7 Å². The zero-order valence-electron chi connectivity index (χ0n) is 10.1. The second-order valence-corrected chi connectivity index (χ2v) is 4.30. The number of hydrogen-bond acceptors (Lipinski definition) is 3. The van der Waals surface area contributed by atoms with Crippen LogP contribution < -0.4 is 0 Å². The number of hydrogen-bond donors (Lipinski definition) is 1. The Labute approximate surface area is 93.4 Å². The first-order chi connectivity index (χ1) is 7.33. The van der Waals surface area contributed by atoms with Crippen LogP contribution in [0.15, 0.2) is 0 Å². The summed E-state index contributed by atoms with van der Waals surface area (Å²) in [5.74, 6) is 0. The molecule has 1 atom stereocenters. The number of nitrogens with zero attached hydrogens (tertiary/aromatic N) is 1. The molecule has 15 heavy (non-hydrogen) atoms. The second-order valence-electron chi connectivity index (χ2n) is 4.30. The van der Waals surface area contributed by atoms with Crippen LogP contribution in [0.25, 0.3) is 0 Å². The molecule has 0 amide bonds. The SMILES string of the molecule is CCC(CC)N(CCO)C1CCCOC1. The van der Waals surface area contributed by atoms with Gasteiger partial charge in [-0.15, -0.1) is 0 Å². The fourth-order valence-corrected chi connectivity index (χ4v) is 2.52. The standard InChI is InChI=1S/C12H25NO2/c1-3-11(4-2)13(7-8-14)12-6-5-9-15-10-12/h11-12,14H,3-10H2,1-2H3. The first-order valence-corrected chi connectivity index (χ1v) is 6.27. The van der Waals surface area contributed by atoms with E-state index in [1.165, 1.54) is 6.42 Å². The Kier molecular flexibility index (Phi) is 6.22. The third kappa shape index (κ3) is 3.74. The molecule has 1 saturated heterocycles. The number of aliphatic hydroxyl groups excluding tert-OH is 1. The van der Waals surface area contributed by atoms with Crippen molar-refractivity contribution in [2.24, 2.45) is 0 Å². The van der Waals surface area contributed by atoms with E-state index in [9.17, 15) is 0 Å². The molecule has 1 aliphatic heterocycles. The normalized spacial score (nSPS) is 22.6. The van der Waals surface area contributed by atoms with Crippen LogP contribution in [-0.2, 0) is 4.74 Å². The number of rotatable bonds is 6. The molecule has 0 saturated carbocycles. The van der Waals surface area contributed by atoms with E-state index >= 15 is 0 Å². The molecule has 1 heterocycles. The van der Waals surface area contributed by atoms with Gasteiger partial charge in [-0.05, 0) is 25.7 Å². The molecule has 3 nitrogen and oxygen atoms in total. The van der Waals surface area contributed by atoms with Gasteiger partial charge in [-0.2, -0.15) is 0 Å². The maximum absolute atomic E-state index is 9.12. The first kappa shape index (κ1) is 12.9. The maximum Gasteiger partial charge on any atom is 0.0621 e. The minimum Gasteiger partial charge on any atom is -0.395 e. The van der Waals surface area contributed by atoms with E-state index in [0.29, 0.717) is 12.1 Å². The highest BCUT2D eigenvalue weighted by Crippen LogP contribution is 2.19. The van der Waals surface area contributed by atoms with Gasteiger partial charge < -0.3 is 9.84 Å². The number of aliphatic hydroxyl groups is 1. The van der Waals surface area contributed by atoms with Crippen molar-refractivity contribution in [2.75, 3.05) is 26.4 Å². The van der Waals surface area contributed by atoms with Gasteiger partial charge >= 0.3 is 0 Å². The lowest BCUT2D eigenvalue weighted by Gasteiger charge is -2.38. The zero-order chi connectivity index (χ0) is 11.1. The second kappa shape index (κ2) is 7.20. The van der Waals surface area contributed by atoms with E-state index in [1.807, 2.05) is 0 Å². The fraction of sp³-hybridized carbons (Fsp3) is 1.00. The lowest BCUT2D eigenvalue weighted by Crippen LogP contribution is -2.48. The molecule has 1 unspecified atom stereocenters. The van der Waals surface area contributed by atoms with Gasteiger partial charge in [0.2, 0.25) is 0 Å². The molecular formula is C12H25NO2. The lowest BCUT2D eigenvalue weighted by molar-refractivity contribution is -0.00797. The smallest absolute Gasteiger partial charge is 0.0621 e. The van der Waals surface area contributed by atoms with E-state index in [-0.39, 0.29) is 6.61 Å². The molecule has 0 spiro atoms. The molecule has 1 aliphatic rings. The van der Waals surface area contributed by atoms with E-state index in [0.717, 1.165) is 39.0 Å². The summed E-state index contributed by atoms with van der Waals surface area (Å²) in [7, 11) is 0. The van der Waals surface area contributed by atoms with Crippen LogP contribution in [0.4, 0.5) is 0 Å². The van der Waals surface area contributed by atoms with Gasteiger partial charge in [-0.1, -0.05) is 13.8 Å². The lowest BCUT2D eigenvalue weighted by atomic mass is 10.0. The molecule has 1 fully saturated rings. The molecule has 0 radical (unpaired) electrons. The minimum atomic E-state index is 0.257. The zero-order valence-corrected chi connectivity index (χ0v) is 10.1. The van der Waals surface area contributed by atoms with Crippen molar-refractivity contribution < 1.29 is 9.84 Å². The van der Waals surface area contributed by atoms with Gasteiger partial charge in [0.05, 0.1) is 13.2 Å². The van der Waals surface area contributed by atoms with Gasteiger partial charge in [0, 0.05) is 25.2 Å². The Hall–Kier alpha value is -0.120. The highest BCUT2D eigenvalue weighted by Gasteiger charge is 2.25. The van der Waals surface area contributed by atoms with Gasteiger partial charge in [0.25, 0.3) is 0 Å². The van der Waals surface area contributed by atoms with Crippen LogP contribution in [-0.4, -0.2) is 48.5 Å². The van der Waals surface area contributed by atoms with E-state index in [4.69, 9.17) is 9.84 Å². The van der Waals surface area contributed by atoms with Crippen molar-refractivity contribution in [3.05, 3.63) is 0 Å². The molecule has 3 heteroatoms. The Morgan fingerprint density at radius 2 is 2.13 bits per heavy atom. The number of ether oxygens (including phenoxy) is 1. The van der Waals surface area contributed by atoms with E-state index in [1.54, 1.807) is 0 Å². The Morgan fingerprint density at radius 1 is 1.40 bits per heavy atom. The molecule has 0 aromatic carbocycles. The predicted molar refractivity (Wildman–Crippen MR) is 62.0 cm³/mol. The molecule has 1 N–H and O–H groups in total. The van der Waals surface area contributed by atoms with E-state index < -0.39 is 0 Å². The molecule has 0 aromatic heterocycles. The summed E-state index contributed by atoms with van der Waals surface area (Å²) in [6, 6.07) is 1.12. The Morgan fingerprint density at radius 3 is 2.60 bits per heavy atom. The van der Waals surface area contributed by atoms with Crippen LogP contribution in [0.2, 0.25) is 0 Å². The largest absolute Gasteiger partial charge is 0.395 e. The minimum absolute atomic E-state index is 0.257. The molecular weight excluding hydrogens is 190 g/mol. The Balaban J connectivity index is 2.53. The highest BCUT2D eigenvalue weighted by molar-refractivity contribution is 4.79. The first-order valence-electron chi connectivity index (χ1n) is 6.27. The van der Waals surface area contributed by atoms with E-state index in [2.05, 4.69) is 18.7 Å². The average molecular weight is 215 g/mol. The van der Waals surface area contributed by atoms with Crippen LogP contribution in [0.1, 0.15) is 39.5 Å². The van der Waals surface area contributed by atoms with Gasteiger partial charge in [-0.25, -0.2) is 0 Å². The monoisotopic (exact) mass is 215 g/mol. The quantitative estimate of drug-likeness (QED) is 0.731. The van der Waals surface area contributed by atoms with Crippen LogP contribution in [0, 0.1) is 0 Å². The third-order valence-corrected chi connectivity index (χ3v) is 3.37. The Bertz CT molecular complexity index is 154. The highest BCUT2D eigenvalue weighted by atomic mass is 16.5. The summed E-state index contributed by atoms with van der Waals surface area (Å²) in [6.45, 7) is 7.25. The van der Waals surface area contributed by atoms with Crippen molar-refractivity contribution in [1.29, 1.82) is 0 Å². The predicted octanol–water partition coefficient (Wildman–Crippen LogP) is 1.65. The van der Waals surface area contributed by atoms with Gasteiger partial charge in [0.1, 0.15) is 0 Å². The molecule has 0 aliphatic carbocycles. The summed E-state index contributed by atoms with van der Waals surface area (Å²) in [5.41, 5.74) is 0. The van der Waals surface area contributed by atoms with Crippen molar-refractivity contribution in [3.63, 3.8) is 0 Å². The molecule has 1 rings (SSSR count). The summed E-state index contributed by atoms with van der Waals surface area (Å²) < 4.78 is 5.53. The fourth-order valence-electron chi connectivity index (χ4n) is 2.52. The third-order valence-electron chi connectivity index (χ3n) is 3.37. The van der Waals surface area contributed by atoms with Crippen molar-refractivity contribution in [3.8, 4) is 0 Å². The average Bonchev–Trinajstić information content (AvgIpc) is 2.30. The van der Waals surface area contributed by atoms with Crippen molar-refractivity contribution in [1.82, 2.24) is 4.90 Å². The van der Waals surface area contributed by atoms with Crippen molar-refractivity contribution in [2.45, 2.75) is 51.6 Å². The van der Waals surface area contributed by atoms with Gasteiger partial charge in [-0.3, -0.25) is 4.90 Å². The molecule has 0 bridgehead atoms. The summed E-state index contributed by atoms with van der Waals surface area (Å²) in [6.07, 6.45) is 4.70.